The summed E-state index contributed by atoms with van der Waals surface area (Å²) in [6, 6.07) is 12.1. The lowest BCUT2D eigenvalue weighted by Crippen LogP contribution is -2.43. The first-order valence-electron chi connectivity index (χ1n) is 7.67. The maximum Gasteiger partial charge on any atom is 0.216 e. The smallest absolute Gasteiger partial charge is 0.216 e. The summed E-state index contributed by atoms with van der Waals surface area (Å²) in [4.78, 5) is 12.8. The number of benzene rings is 1. The second kappa shape index (κ2) is 7.16. The molecule has 0 radical (unpaired) electrons. The molecule has 0 saturated carbocycles. The molecule has 0 bridgehead atoms. The molecule has 0 aliphatic rings. The number of carbonyl (C=O) groups is 1. The Kier molecular flexibility index (Phi) is 5.26. The van der Waals surface area contributed by atoms with Crippen molar-refractivity contribution in [3.05, 3.63) is 65.5 Å². The lowest BCUT2D eigenvalue weighted by Gasteiger charge is -2.13. The lowest BCUT2D eigenvalue weighted by atomic mass is 9.94. The maximum atomic E-state index is 12.8. The minimum absolute atomic E-state index is 0.0600. The summed E-state index contributed by atoms with van der Waals surface area (Å²) in [5, 5.41) is 0. The number of Topliss-reactive ketones (excluding diaryl/α,β-unsaturated/α-hetero) is 1. The third kappa shape index (κ3) is 3.78. The molecular weight excluding hydrogens is 258 g/mol. The zero-order valence-electron chi connectivity index (χ0n) is 13.2. The van der Waals surface area contributed by atoms with Gasteiger partial charge in [-0.25, -0.2) is 0 Å². The lowest BCUT2D eigenvalue weighted by molar-refractivity contribution is -0.709. The van der Waals surface area contributed by atoms with Crippen LogP contribution in [-0.4, -0.2) is 5.78 Å². The topological polar surface area (TPSA) is 20.9 Å². The van der Waals surface area contributed by atoms with Gasteiger partial charge < -0.3 is 0 Å². The Balaban J connectivity index is 2.24. The summed E-state index contributed by atoms with van der Waals surface area (Å²) in [7, 11) is 0. The van der Waals surface area contributed by atoms with E-state index in [1.807, 2.05) is 41.2 Å². The molecule has 1 atom stereocenters. The van der Waals surface area contributed by atoms with E-state index in [9.17, 15) is 4.79 Å². The minimum atomic E-state index is -0.0600. The van der Waals surface area contributed by atoms with Crippen molar-refractivity contribution in [3.63, 3.8) is 0 Å². The molecule has 1 aromatic carbocycles. The molecule has 2 rings (SSSR count). The van der Waals surface area contributed by atoms with Crippen LogP contribution in [0.2, 0.25) is 0 Å². The molecule has 0 spiro atoms. The molecular formula is C19H24NO+. The van der Waals surface area contributed by atoms with Crippen LogP contribution in [0.4, 0.5) is 0 Å². The van der Waals surface area contributed by atoms with E-state index in [4.69, 9.17) is 0 Å². The van der Waals surface area contributed by atoms with Gasteiger partial charge >= 0.3 is 0 Å². The summed E-state index contributed by atoms with van der Waals surface area (Å²) in [6.07, 6.45) is 6.39. The first-order valence-corrected chi connectivity index (χ1v) is 7.67. The number of carbonyl (C=O) groups excluding carboxylic acids is 1. The number of hydrogen-bond donors (Lipinski definition) is 0. The molecule has 1 heterocycles. The summed E-state index contributed by atoms with van der Waals surface area (Å²) >= 11 is 0. The van der Waals surface area contributed by atoms with Gasteiger partial charge in [-0.15, -0.1) is 0 Å². The van der Waals surface area contributed by atoms with E-state index in [0.29, 0.717) is 12.2 Å². The first kappa shape index (κ1) is 15.4. The minimum Gasteiger partial charge on any atom is -0.292 e. The average Bonchev–Trinajstić information content (AvgIpc) is 2.49. The van der Waals surface area contributed by atoms with Crippen molar-refractivity contribution in [3.8, 4) is 0 Å². The fraction of sp³-hybridized carbons (Fsp3) is 0.368. The zero-order chi connectivity index (χ0) is 15.2. The summed E-state index contributed by atoms with van der Waals surface area (Å²) in [5.41, 5.74) is 3.59. The molecule has 21 heavy (non-hydrogen) atoms. The second-order valence-electron chi connectivity index (χ2n) is 5.64. The third-order valence-electron chi connectivity index (χ3n) is 4.03. The van der Waals surface area contributed by atoms with E-state index in [-0.39, 0.29) is 6.04 Å². The third-order valence-corrected chi connectivity index (χ3v) is 4.03. The number of aryl methyl sites for hydroxylation is 2. The van der Waals surface area contributed by atoms with Crippen molar-refractivity contribution in [2.24, 2.45) is 0 Å². The molecule has 110 valence electrons. The first-order chi connectivity index (χ1) is 10.1. The number of pyridine rings is 1. The molecule has 1 aromatic heterocycles. The number of nitrogens with zero attached hydrogens (tertiary/aromatic N) is 1. The van der Waals surface area contributed by atoms with E-state index in [2.05, 4.69) is 32.9 Å². The van der Waals surface area contributed by atoms with Crippen LogP contribution in [0.3, 0.4) is 0 Å². The highest BCUT2D eigenvalue weighted by Crippen LogP contribution is 2.18. The normalized spacial score (nSPS) is 12.1. The van der Waals surface area contributed by atoms with Gasteiger partial charge in [0, 0.05) is 25.0 Å². The van der Waals surface area contributed by atoms with Crippen molar-refractivity contribution in [1.29, 1.82) is 0 Å². The van der Waals surface area contributed by atoms with E-state index in [0.717, 1.165) is 12.8 Å². The average molecular weight is 282 g/mol. The highest BCUT2D eigenvalue weighted by atomic mass is 16.1. The quantitative estimate of drug-likeness (QED) is 0.739. The van der Waals surface area contributed by atoms with Gasteiger partial charge in [-0.1, -0.05) is 31.2 Å². The van der Waals surface area contributed by atoms with Crippen LogP contribution in [0.1, 0.15) is 42.5 Å². The number of rotatable bonds is 6. The Hall–Kier alpha value is -1.96. The van der Waals surface area contributed by atoms with Crippen LogP contribution in [0.5, 0.6) is 0 Å². The summed E-state index contributed by atoms with van der Waals surface area (Å²) < 4.78 is 2.04. The van der Waals surface area contributed by atoms with Crippen molar-refractivity contribution >= 4 is 5.78 Å². The van der Waals surface area contributed by atoms with Crippen LogP contribution in [0, 0.1) is 13.8 Å². The summed E-state index contributed by atoms with van der Waals surface area (Å²) in [5.74, 6) is 0.297. The van der Waals surface area contributed by atoms with Gasteiger partial charge in [0.15, 0.2) is 12.4 Å². The molecule has 0 aliphatic heterocycles. The number of hydrogen-bond acceptors (Lipinski definition) is 1. The predicted molar refractivity (Wildman–Crippen MR) is 85.2 cm³/mol. The van der Waals surface area contributed by atoms with E-state index in [1.165, 1.54) is 16.7 Å². The molecule has 1 unspecified atom stereocenters. The van der Waals surface area contributed by atoms with E-state index in [1.54, 1.807) is 0 Å². The van der Waals surface area contributed by atoms with Crippen LogP contribution in [0.15, 0.2) is 48.8 Å². The molecule has 2 aromatic rings. The largest absolute Gasteiger partial charge is 0.292 e. The molecule has 2 heteroatoms. The molecule has 0 aliphatic carbocycles. The van der Waals surface area contributed by atoms with E-state index < -0.39 is 0 Å². The molecule has 0 N–H and O–H groups in total. The molecule has 0 amide bonds. The van der Waals surface area contributed by atoms with Gasteiger partial charge in [0.2, 0.25) is 11.8 Å². The molecule has 2 nitrogen and oxygen atoms in total. The van der Waals surface area contributed by atoms with Crippen LogP contribution >= 0.6 is 0 Å². The van der Waals surface area contributed by atoms with Crippen LogP contribution in [0.25, 0.3) is 0 Å². The van der Waals surface area contributed by atoms with Crippen LogP contribution < -0.4 is 4.57 Å². The van der Waals surface area contributed by atoms with Gasteiger partial charge in [-0.05, 0) is 37.0 Å². The van der Waals surface area contributed by atoms with E-state index >= 15 is 0 Å². The van der Waals surface area contributed by atoms with Crippen LogP contribution in [-0.2, 0) is 11.2 Å². The van der Waals surface area contributed by atoms with Gasteiger partial charge in [-0.3, -0.25) is 4.79 Å². The standard InChI is InChI=1S/C19H24NO/c1-4-9-18(20-12-6-5-7-13-20)19(21)14-17-15(2)10-8-11-16(17)3/h5-8,10-13,18H,4,9,14H2,1-3H3/q+1. The second-order valence-corrected chi connectivity index (χ2v) is 5.64. The Labute approximate surface area is 127 Å². The van der Waals surface area contributed by atoms with Crippen molar-refractivity contribution < 1.29 is 9.36 Å². The predicted octanol–water partition coefficient (Wildman–Crippen LogP) is 3.74. The van der Waals surface area contributed by atoms with Gasteiger partial charge in [0.05, 0.1) is 0 Å². The monoisotopic (exact) mass is 282 g/mol. The maximum absolute atomic E-state index is 12.8. The summed E-state index contributed by atoms with van der Waals surface area (Å²) in [6.45, 7) is 6.29. The molecule has 0 saturated heterocycles. The highest BCUT2D eigenvalue weighted by molar-refractivity contribution is 5.83. The Bertz CT molecular complexity index is 584. The fourth-order valence-corrected chi connectivity index (χ4v) is 2.79. The molecule has 0 fully saturated rings. The Morgan fingerprint density at radius 2 is 1.67 bits per heavy atom. The Morgan fingerprint density at radius 3 is 2.24 bits per heavy atom. The van der Waals surface area contributed by atoms with Gasteiger partial charge in [-0.2, -0.15) is 4.57 Å². The van der Waals surface area contributed by atoms with Gasteiger partial charge in [0.25, 0.3) is 0 Å². The number of aromatic nitrogens is 1. The fourth-order valence-electron chi connectivity index (χ4n) is 2.79. The number of ketones is 1. The SMILES string of the molecule is CCCC(C(=O)Cc1c(C)cccc1C)[n+]1ccccc1. The van der Waals surface area contributed by atoms with Crippen molar-refractivity contribution in [2.75, 3.05) is 0 Å². The van der Waals surface area contributed by atoms with Gasteiger partial charge in [0.1, 0.15) is 0 Å². The zero-order valence-corrected chi connectivity index (χ0v) is 13.2. The Morgan fingerprint density at radius 1 is 1.05 bits per heavy atom. The van der Waals surface area contributed by atoms with Crippen molar-refractivity contribution in [2.45, 2.75) is 46.1 Å². The highest BCUT2D eigenvalue weighted by Gasteiger charge is 2.26. The van der Waals surface area contributed by atoms with Crippen molar-refractivity contribution in [1.82, 2.24) is 0 Å².